The summed E-state index contributed by atoms with van der Waals surface area (Å²) >= 11 is 0. The third-order valence-corrected chi connectivity index (χ3v) is 1.37. The molecular weight excluding hydrogens is 128 g/mol. The summed E-state index contributed by atoms with van der Waals surface area (Å²) in [6, 6.07) is 0. The monoisotopic (exact) mass is 144 g/mol. The summed E-state index contributed by atoms with van der Waals surface area (Å²) < 4.78 is 4.96. The van der Waals surface area contributed by atoms with E-state index >= 15 is 0 Å². The first-order chi connectivity index (χ1) is 4.57. The Balaban J connectivity index is 3.62. The lowest BCUT2D eigenvalue weighted by Gasteiger charge is -2.11. The number of esters is 1. The van der Waals surface area contributed by atoms with Gasteiger partial charge in [0.2, 0.25) is 0 Å². The van der Waals surface area contributed by atoms with Crippen molar-refractivity contribution in [3.63, 3.8) is 0 Å². The first-order valence-electron chi connectivity index (χ1n) is 3.78. The van der Waals surface area contributed by atoms with Crippen molar-refractivity contribution in [3.05, 3.63) is 0 Å². The molecule has 60 valence electrons. The van der Waals surface area contributed by atoms with Gasteiger partial charge >= 0.3 is 5.97 Å². The molecule has 1 atom stereocenters. The maximum Gasteiger partial charge on any atom is 0.308 e. The molecule has 0 aliphatic heterocycles. The molecule has 0 spiro atoms. The lowest BCUT2D eigenvalue weighted by atomic mass is 10.1. The summed E-state index contributed by atoms with van der Waals surface area (Å²) in [4.78, 5) is 11.0. The van der Waals surface area contributed by atoms with Crippen LogP contribution in [0.2, 0.25) is 0 Å². The summed E-state index contributed by atoms with van der Waals surface area (Å²) in [5, 5.41) is 0. The van der Waals surface area contributed by atoms with Crippen LogP contribution in [0.3, 0.4) is 0 Å². The van der Waals surface area contributed by atoms with Crippen LogP contribution in [-0.4, -0.2) is 12.1 Å². The van der Waals surface area contributed by atoms with E-state index in [1.165, 1.54) is 0 Å². The Hall–Kier alpha value is -0.530. The quantitative estimate of drug-likeness (QED) is 0.566. The van der Waals surface area contributed by atoms with Gasteiger partial charge in [-0.05, 0) is 20.3 Å². The molecule has 0 saturated carbocycles. The third-order valence-electron chi connectivity index (χ3n) is 1.37. The van der Waals surface area contributed by atoms with Gasteiger partial charge in [-0.3, -0.25) is 4.79 Å². The minimum absolute atomic E-state index is 0.0153. The molecule has 1 unspecified atom stereocenters. The van der Waals surface area contributed by atoms with Gasteiger partial charge in [-0.2, -0.15) is 0 Å². The number of hydrogen-bond acceptors (Lipinski definition) is 2. The van der Waals surface area contributed by atoms with Crippen LogP contribution in [0.4, 0.5) is 0 Å². The molecule has 2 heteroatoms. The lowest BCUT2D eigenvalue weighted by molar-refractivity contribution is -0.151. The summed E-state index contributed by atoms with van der Waals surface area (Å²) in [7, 11) is 0. The van der Waals surface area contributed by atoms with Crippen LogP contribution < -0.4 is 0 Å². The first-order valence-corrected chi connectivity index (χ1v) is 3.78. The largest absolute Gasteiger partial charge is 0.463 e. The molecule has 0 amide bonds. The van der Waals surface area contributed by atoms with Crippen molar-refractivity contribution >= 4 is 5.97 Å². The zero-order chi connectivity index (χ0) is 8.15. The molecule has 0 aromatic rings. The van der Waals surface area contributed by atoms with E-state index in [9.17, 15) is 4.79 Å². The molecule has 0 aliphatic rings. The number of carbonyl (C=O) groups is 1. The van der Waals surface area contributed by atoms with Gasteiger partial charge in [-0.15, -0.1) is 0 Å². The molecule has 0 fully saturated rings. The molecule has 2 nitrogen and oxygen atoms in total. The van der Waals surface area contributed by atoms with Gasteiger partial charge in [0.25, 0.3) is 0 Å². The fourth-order valence-electron chi connectivity index (χ4n) is 0.515. The van der Waals surface area contributed by atoms with Gasteiger partial charge in [0.05, 0.1) is 12.0 Å². The van der Waals surface area contributed by atoms with E-state index in [1.54, 1.807) is 0 Å². The second-order valence-corrected chi connectivity index (χ2v) is 2.79. The van der Waals surface area contributed by atoms with E-state index in [2.05, 4.69) is 0 Å². The molecule has 10 heavy (non-hydrogen) atoms. The van der Waals surface area contributed by atoms with E-state index in [0.717, 1.165) is 6.42 Å². The van der Waals surface area contributed by atoms with E-state index in [-0.39, 0.29) is 18.0 Å². The average molecular weight is 144 g/mol. The fourth-order valence-corrected chi connectivity index (χ4v) is 0.515. The Bertz CT molecular complexity index is 108. The smallest absolute Gasteiger partial charge is 0.308 e. The van der Waals surface area contributed by atoms with Crippen molar-refractivity contribution in [2.24, 2.45) is 5.92 Å². The highest BCUT2D eigenvalue weighted by atomic mass is 16.5. The Morgan fingerprint density at radius 2 is 1.90 bits per heavy atom. The van der Waals surface area contributed by atoms with Gasteiger partial charge in [-0.1, -0.05) is 13.8 Å². The Morgan fingerprint density at radius 1 is 1.40 bits per heavy atom. The molecule has 0 radical (unpaired) electrons. The molecule has 0 bridgehead atoms. The number of ether oxygens (including phenoxy) is 1. The molecular formula is C8H16O2. The zero-order valence-electron chi connectivity index (χ0n) is 7.18. The van der Waals surface area contributed by atoms with Crippen LogP contribution in [0.15, 0.2) is 0 Å². The summed E-state index contributed by atoms with van der Waals surface area (Å²) in [5.41, 5.74) is 0. The van der Waals surface area contributed by atoms with Crippen molar-refractivity contribution in [3.8, 4) is 0 Å². The minimum atomic E-state index is -0.0856. The average Bonchev–Trinajstić information content (AvgIpc) is 1.85. The van der Waals surface area contributed by atoms with E-state index in [4.69, 9.17) is 4.74 Å². The maximum atomic E-state index is 11.0. The Kier molecular flexibility index (Phi) is 4.08. The summed E-state index contributed by atoms with van der Waals surface area (Å²) in [5.74, 6) is -0.0418. The van der Waals surface area contributed by atoms with Crippen molar-refractivity contribution in [2.45, 2.75) is 40.2 Å². The Labute approximate surface area is 62.6 Å². The molecule has 0 aromatic carbocycles. The predicted molar refractivity (Wildman–Crippen MR) is 40.7 cm³/mol. The standard InChI is InChI=1S/C8H16O2/c1-5-7(4)8(9)10-6(2)3/h6-7H,5H2,1-4H3. The highest BCUT2D eigenvalue weighted by molar-refractivity contribution is 5.71. The maximum absolute atomic E-state index is 11.0. The van der Waals surface area contributed by atoms with Crippen LogP contribution in [0.1, 0.15) is 34.1 Å². The summed E-state index contributed by atoms with van der Waals surface area (Å²) in [6.07, 6.45) is 0.868. The summed E-state index contributed by atoms with van der Waals surface area (Å²) in [6.45, 7) is 7.58. The van der Waals surface area contributed by atoms with Gasteiger partial charge in [0.1, 0.15) is 0 Å². The van der Waals surface area contributed by atoms with Crippen LogP contribution in [-0.2, 0) is 9.53 Å². The van der Waals surface area contributed by atoms with E-state index in [0.29, 0.717) is 0 Å². The molecule has 0 aliphatic carbocycles. The van der Waals surface area contributed by atoms with Gasteiger partial charge in [0, 0.05) is 0 Å². The first kappa shape index (κ1) is 9.47. The molecule has 0 saturated heterocycles. The van der Waals surface area contributed by atoms with Crippen molar-refractivity contribution in [1.29, 1.82) is 0 Å². The van der Waals surface area contributed by atoms with Gasteiger partial charge in [0.15, 0.2) is 0 Å². The van der Waals surface area contributed by atoms with Crippen molar-refractivity contribution in [1.82, 2.24) is 0 Å². The fraction of sp³-hybridized carbons (Fsp3) is 0.875. The SMILES string of the molecule is CCC(C)C(=O)OC(C)C. The molecule has 0 aromatic heterocycles. The normalized spacial score (nSPS) is 13.3. The van der Waals surface area contributed by atoms with E-state index < -0.39 is 0 Å². The number of carbonyl (C=O) groups excluding carboxylic acids is 1. The van der Waals surface area contributed by atoms with Gasteiger partial charge < -0.3 is 4.74 Å². The van der Waals surface area contributed by atoms with Crippen LogP contribution in [0, 0.1) is 5.92 Å². The topological polar surface area (TPSA) is 26.3 Å². The van der Waals surface area contributed by atoms with Crippen LogP contribution in [0.25, 0.3) is 0 Å². The molecule has 0 N–H and O–H groups in total. The Morgan fingerprint density at radius 3 is 2.20 bits per heavy atom. The lowest BCUT2D eigenvalue weighted by Crippen LogP contribution is -2.18. The third kappa shape index (κ3) is 3.49. The van der Waals surface area contributed by atoms with Crippen molar-refractivity contribution in [2.75, 3.05) is 0 Å². The van der Waals surface area contributed by atoms with E-state index in [1.807, 2.05) is 27.7 Å². The van der Waals surface area contributed by atoms with Crippen molar-refractivity contribution < 1.29 is 9.53 Å². The van der Waals surface area contributed by atoms with Crippen LogP contribution in [0.5, 0.6) is 0 Å². The number of rotatable bonds is 3. The molecule has 0 rings (SSSR count). The molecule has 0 heterocycles. The minimum Gasteiger partial charge on any atom is -0.463 e. The second-order valence-electron chi connectivity index (χ2n) is 2.79. The van der Waals surface area contributed by atoms with Gasteiger partial charge in [-0.25, -0.2) is 0 Å². The highest BCUT2D eigenvalue weighted by Crippen LogP contribution is 2.04. The highest BCUT2D eigenvalue weighted by Gasteiger charge is 2.12. The zero-order valence-corrected chi connectivity index (χ0v) is 7.18. The predicted octanol–water partition coefficient (Wildman–Crippen LogP) is 1.98. The second kappa shape index (κ2) is 4.31. The van der Waals surface area contributed by atoms with Crippen LogP contribution >= 0.6 is 0 Å². The number of hydrogen-bond donors (Lipinski definition) is 0.